The number of fused-ring (bicyclic) bond motifs is 1. The molecule has 0 radical (unpaired) electrons. The Kier molecular flexibility index (Phi) is 2.11. The van der Waals surface area contributed by atoms with E-state index < -0.39 is 0 Å². The van der Waals surface area contributed by atoms with Gasteiger partial charge in [0, 0.05) is 0 Å². The van der Waals surface area contributed by atoms with Gasteiger partial charge in [-0.3, -0.25) is 0 Å². The van der Waals surface area contributed by atoms with Gasteiger partial charge in [-0.25, -0.2) is 0 Å². The molecule has 3 atom stereocenters. The van der Waals surface area contributed by atoms with Crippen LogP contribution in [0.15, 0.2) is 12.2 Å². The van der Waals surface area contributed by atoms with Crippen LogP contribution in [0, 0.1) is 11.8 Å². The summed E-state index contributed by atoms with van der Waals surface area (Å²) in [5.74, 6) is 1.21. The maximum Gasteiger partial charge on any atom is 0.137 e. The van der Waals surface area contributed by atoms with E-state index in [-0.39, 0.29) is 4.32 Å². The molecule has 0 aromatic rings. The second-order valence-electron chi connectivity index (χ2n) is 3.88. The molecule has 0 aromatic heterocycles. The van der Waals surface area contributed by atoms with E-state index in [9.17, 15) is 4.79 Å². The molecule has 0 spiro atoms. The highest BCUT2D eigenvalue weighted by Gasteiger charge is 2.43. The summed E-state index contributed by atoms with van der Waals surface area (Å²) in [5, 5.41) is 0. The van der Waals surface area contributed by atoms with Crippen molar-refractivity contribution in [2.45, 2.75) is 30.0 Å². The number of halogens is 1. The Labute approximate surface area is 81.4 Å². The van der Waals surface area contributed by atoms with E-state index >= 15 is 0 Å². The topological polar surface area (TPSA) is 17.1 Å². The van der Waals surface area contributed by atoms with Crippen LogP contribution in [0.2, 0.25) is 0 Å². The predicted molar refractivity (Wildman–Crippen MR) is 52.3 cm³/mol. The lowest BCUT2D eigenvalue weighted by Crippen LogP contribution is -2.36. The van der Waals surface area contributed by atoms with E-state index in [0.29, 0.717) is 11.8 Å². The van der Waals surface area contributed by atoms with E-state index in [0.717, 1.165) is 12.7 Å². The molecule has 0 saturated heterocycles. The summed E-state index contributed by atoms with van der Waals surface area (Å²) in [4.78, 5) is 10.9. The average Bonchev–Trinajstić information content (AvgIpc) is 2.54. The van der Waals surface area contributed by atoms with Crippen molar-refractivity contribution in [1.29, 1.82) is 0 Å². The number of hydrogen-bond acceptors (Lipinski definition) is 1. The van der Waals surface area contributed by atoms with E-state index in [1.165, 1.54) is 19.3 Å². The number of allylic oxidation sites excluding steroid dienone is 2. The summed E-state index contributed by atoms with van der Waals surface area (Å²) < 4.78 is -0.233. The number of alkyl halides is 1. The van der Waals surface area contributed by atoms with E-state index in [1.807, 2.05) is 0 Å². The Morgan fingerprint density at radius 3 is 3.08 bits per heavy atom. The first-order valence-corrected chi connectivity index (χ1v) is 5.37. The third-order valence-electron chi connectivity index (χ3n) is 3.20. The van der Waals surface area contributed by atoms with Crippen molar-refractivity contribution in [2.24, 2.45) is 11.8 Å². The van der Waals surface area contributed by atoms with Crippen LogP contribution in [0.25, 0.3) is 0 Å². The summed E-state index contributed by atoms with van der Waals surface area (Å²) in [6.07, 6.45) is 10.2. The molecule has 1 nitrogen and oxygen atoms in total. The normalized spacial score (nSPS) is 45.8. The van der Waals surface area contributed by atoms with Gasteiger partial charge in [-0.05, 0) is 31.1 Å². The third-order valence-corrected chi connectivity index (χ3v) is 4.29. The van der Waals surface area contributed by atoms with E-state index in [2.05, 4.69) is 28.1 Å². The monoisotopic (exact) mass is 228 g/mol. The molecular formula is C10H13BrO. The SMILES string of the molecule is O=C[C@]1(Br)CC=C[C@@H]2CCC[C@H]21. The molecule has 66 valence electrons. The summed E-state index contributed by atoms with van der Waals surface area (Å²) >= 11 is 3.58. The number of hydrogen-bond donors (Lipinski definition) is 0. The molecule has 0 aromatic carbocycles. The highest BCUT2D eigenvalue weighted by molar-refractivity contribution is 9.10. The fourth-order valence-electron chi connectivity index (χ4n) is 2.53. The zero-order valence-electron chi connectivity index (χ0n) is 7.00. The van der Waals surface area contributed by atoms with Crippen LogP contribution in [0.1, 0.15) is 25.7 Å². The molecule has 12 heavy (non-hydrogen) atoms. The number of aldehydes is 1. The molecule has 1 saturated carbocycles. The van der Waals surface area contributed by atoms with Gasteiger partial charge in [-0.2, -0.15) is 0 Å². The Balaban J connectivity index is 2.27. The Hall–Kier alpha value is -0.110. The van der Waals surface area contributed by atoms with Gasteiger partial charge in [0.05, 0.1) is 4.32 Å². The number of rotatable bonds is 1. The minimum absolute atomic E-state index is 0.233. The van der Waals surface area contributed by atoms with Gasteiger partial charge in [-0.1, -0.05) is 34.5 Å². The molecule has 0 heterocycles. The highest BCUT2D eigenvalue weighted by atomic mass is 79.9. The molecular weight excluding hydrogens is 216 g/mol. The highest BCUT2D eigenvalue weighted by Crippen LogP contribution is 2.47. The van der Waals surface area contributed by atoms with Gasteiger partial charge in [0.15, 0.2) is 0 Å². The lowest BCUT2D eigenvalue weighted by Gasteiger charge is -2.33. The first-order valence-electron chi connectivity index (χ1n) is 4.58. The quantitative estimate of drug-likeness (QED) is 0.384. The van der Waals surface area contributed by atoms with Crippen LogP contribution in [0.3, 0.4) is 0 Å². The Morgan fingerprint density at radius 1 is 1.50 bits per heavy atom. The zero-order chi connectivity index (χ0) is 8.60. The van der Waals surface area contributed by atoms with Gasteiger partial charge < -0.3 is 4.79 Å². The lowest BCUT2D eigenvalue weighted by atomic mass is 9.78. The van der Waals surface area contributed by atoms with Crippen molar-refractivity contribution in [2.75, 3.05) is 0 Å². The van der Waals surface area contributed by atoms with Crippen LogP contribution in [0.5, 0.6) is 0 Å². The number of carbonyl (C=O) groups is 1. The third kappa shape index (κ3) is 1.17. The second-order valence-corrected chi connectivity index (χ2v) is 5.35. The van der Waals surface area contributed by atoms with Gasteiger partial charge in [-0.15, -0.1) is 0 Å². The molecule has 2 rings (SSSR count). The Morgan fingerprint density at radius 2 is 2.33 bits per heavy atom. The summed E-state index contributed by atoms with van der Waals surface area (Å²) in [6, 6.07) is 0. The van der Waals surface area contributed by atoms with E-state index in [1.54, 1.807) is 0 Å². The smallest absolute Gasteiger partial charge is 0.137 e. The summed E-state index contributed by atoms with van der Waals surface area (Å²) in [7, 11) is 0. The maximum absolute atomic E-state index is 10.9. The fourth-order valence-corrected chi connectivity index (χ4v) is 3.28. The Bertz CT molecular complexity index is 224. The number of carbonyl (C=O) groups excluding carboxylic acids is 1. The molecule has 2 heteroatoms. The fraction of sp³-hybridized carbons (Fsp3) is 0.700. The molecule has 0 amide bonds. The lowest BCUT2D eigenvalue weighted by molar-refractivity contribution is -0.111. The zero-order valence-corrected chi connectivity index (χ0v) is 8.59. The summed E-state index contributed by atoms with van der Waals surface area (Å²) in [5.41, 5.74) is 0. The van der Waals surface area contributed by atoms with Crippen LogP contribution in [-0.4, -0.2) is 10.6 Å². The van der Waals surface area contributed by atoms with Gasteiger partial charge in [0.25, 0.3) is 0 Å². The molecule has 0 unspecified atom stereocenters. The summed E-state index contributed by atoms with van der Waals surface area (Å²) in [6.45, 7) is 0. The van der Waals surface area contributed by atoms with Crippen LogP contribution >= 0.6 is 15.9 Å². The van der Waals surface area contributed by atoms with Crippen molar-refractivity contribution in [3.8, 4) is 0 Å². The van der Waals surface area contributed by atoms with Crippen molar-refractivity contribution in [3.63, 3.8) is 0 Å². The standard InChI is InChI=1S/C10H13BrO/c11-10(7-12)6-2-4-8-3-1-5-9(8)10/h2,4,7-9H,1,3,5-6H2/t8-,9+,10+/m0/s1. The van der Waals surface area contributed by atoms with Crippen LogP contribution in [0.4, 0.5) is 0 Å². The largest absolute Gasteiger partial charge is 0.302 e. The minimum Gasteiger partial charge on any atom is -0.302 e. The van der Waals surface area contributed by atoms with Gasteiger partial charge >= 0.3 is 0 Å². The first kappa shape index (κ1) is 8.49. The maximum atomic E-state index is 10.9. The van der Waals surface area contributed by atoms with Gasteiger partial charge in [0.2, 0.25) is 0 Å². The molecule has 0 N–H and O–H groups in total. The second kappa shape index (κ2) is 2.99. The predicted octanol–water partition coefficient (Wildman–Crippen LogP) is 2.70. The van der Waals surface area contributed by atoms with Crippen LogP contribution in [-0.2, 0) is 4.79 Å². The average molecular weight is 229 g/mol. The molecule has 0 aliphatic heterocycles. The van der Waals surface area contributed by atoms with Crippen molar-refractivity contribution in [3.05, 3.63) is 12.2 Å². The van der Waals surface area contributed by atoms with Gasteiger partial charge in [0.1, 0.15) is 6.29 Å². The van der Waals surface area contributed by atoms with Crippen molar-refractivity contribution < 1.29 is 4.79 Å². The first-order chi connectivity index (χ1) is 5.76. The van der Waals surface area contributed by atoms with Crippen molar-refractivity contribution in [1.82, 2.24) is 0 Å². The van der Waals surface area contributed by atoms with Crippen molar-refractivity contribution >= 4 is 22.2 Å². The molecule has 2 aliphatic rings. The molecule has 0 bridgehead atoms. The van der Waals surface area contributed by atoms with E-state index in [4.69, 9.17) is 0 Å². The van der Waals surface area contributed by atoms with Crippen LogP contribution < -0.4 is 0 Å². The minimum atomic E-state index is -0.233. The molecule has 1 fully saturated rings. The molecule has 2 aliphatic carbocycles.